The Balaban J connectivity index is 2.42. The van der Waals surface area contributed by atoms with Crippen molar-refractivity contribution in [1.29, 1.82) is 0 Å². The van der Waals surface area contributed by atoms with Crippen LogP contribution in [0.2, 0.25) is 0 Å². The van der Waals surface area contributed by atoms with Crippen molar-refractivity contribution in [1.82, 2.24) is 9.71 Å². The third-order valence-electron chi connectivity index (χ3n) is 2.12. The standard InChI is InChI=1S/C10H16N4O2S2/c1-18(15,16)14-5-2-4-13-9-7-12-6-3-8(9)10(11)17/h3,6-7,13-14H,2,4-5H2,1H3,(H2,11,17). The fourth-order valence-electron chi connectivity index (χ4n) is 1.32. The van der Waals surface area contributed by atoms with Crippen LogP contribution in [0.15, 0.2) is 18.5 Å². The molecule has 0 aliphatic carbocycles. The highest BCUT2D eigenvalue weighted by Crippen LogP contribution is 2.12. The van der Waals surface area contributed by atoms with Crippen molar-refractivity contribution in [3.63, 3.8) is 0 Å². The lowest BCUT2D eigenvalue weighted by Gasteiger charge is -2.10. The van der Waals surface area contributed by atoms with Crippen LogP contribution in [0.4, 0.5) is 5.69 Å². The van der Waals surface area contributed by atoms with Gasteiger partial charge < -0.3 is 11.1 Å². The predicted molar refractivity (Wildman–Crippen MR) is 76.1 cm³/mol. The number of nitrogens with zero attached hydrogens (tertiary/aromatic N) is 1. The van der Waals surface area contributed by atoms with Crippen LogP contribution in [0, 0.1) is 0 Å². The highest BCUT2D eigenvalue weighted by atomic mass is 32.2. The Kier molecular flexibility index (Phi) is 5.45. The molecule has 0 fully saturated rings. The van der Waals surface area contributed by atoms with Gasteiger partial charge in [-0.1, -0.05) is 12.2 Å². The van der Waals surface area contributed by atoms with Crippen LogP contribution in [-0.4, -0.2) is 37.7 Å². The zero-order valence-electron chi connectivity index (χ0n) is 10.0. The Morgan fingerprint density at radius 1 is 1.50 bits per heavy atom. The number of nitrogens with two attached hydrogens (primary N) is 1. The Morgan fingerprint density at radius 3 is 2.83 bits per heavy atom. The normalized spacial score (nSPS) is 11.2. The number of nitrogens with one attached hydrogen (secondary N) is 2. The van der Waals surface area contributed by atoms with E-state index in [4.69, 9.17) is 18.0 Å². The Labute approximate surface area is 112 Å². The van der Waals surface area contributed by atoms with Crippen LogP contribution in [0.3, 0.4) is 0 Å². The Morgan fingerprint density at radius 2 is 2.22 bits per heavy atom. The third-order valence-corrected chi connectivity index (χ3v) is 3.07. The molecule has 1 heterocycles. The molecule has 0 unspecified atom stereocenters. The largest absolute Gasteiger partial charge is 0.389 e. The number of rotatable bonds is 7. The molecule has 18 heavy (non-hydrogen) atoms. The zero-order chi connectivity index (χ0) is 13.6. The summed E-state index contributed by atoms with van der Waals surface area (Å²) in [4.78, 5) is 4.28. The van der Waals surface area contributed by atoms with Crippen molar-refractivity contribution >= 4 is 32.9 Å². The molecule has 0 atom stereocenters. The Hall–Kier alpha value is -1.25. The first-order valence-electron chi connectivity index (χ1n) is 5.32. The maximum Gasteiger partial charge on any atom is 0.208 e. The second-order valence-corrected chi connectivity index (χ2v) is 6.01. The lowest BCUT2D eigenvalue weighted by molar-refractivity contribution is 0.586. The molecule has 8 heteroatoms. The molecule has 1 aromatic rings. The summed E-state index contributed by atoms with van der Waals surface area (Å²) in [5.41, 5.74) is 7.06. The lowest BCUT2D eigenvalue weighted by Crippen LogP contribution is -2.24. The lowest BCUT2D eigenvalue weighted by atomic mass is 10.2. The summed E-state index contributed by atoms with van der Waals surface area (Å²) in [5, 5.41) is 3.12. The van der Waals surface area contributed by atoms with Crippen molar-refractivity contribution < 1.29 is 8.42 Å². The first-order valence-corrected chi connectivity index (χ1v) is 7.62. The quantitative estimate of drug-likeness (QED) is 0.485. The van der Waals surface area contributed by atoms with E-state index in [1.165, 1.54) is 0 Å². The summed E-state index contributed by atoms with van der Waals surface area (Å²) < 4.78 is 24.1. The van der Waals surface area contributed by atoms with Crippen LogP contribution in [-0.2, 0) is 10.0 Å². The maximum atomic E-state index is 10.8. The van der Waals surface area contributed by atoms with E-state index in [9.17, 15) is 8.42 Å². The SMILES string of the molecule is CS(=O)(=O)NCCCNc1cnccc1C(N)=S. The van der Waals surface area contributed by atoms with E-state index in [-0.39, 0.29) is 0 Å². The number of thiocarbonyl (C=S) groups is 1. The van der Waals surface area contributed by atoms with Crippen molar-refractivity contribution in [2.75, 3.05) is 24.7 Å². The van der Waals surface area contributed by atoms with E-state index in [1.807, 2.05) is 0 Å². The van der Waals surface area contributed by atoms with E-state index in [0.717, 1.165) is 17.5 Å². The third kappa shape index (κ3) is 5.39. The summed E-state index contributed by atoms with van der Waals surface area (Å²) in [6, 6.07) is 1.74. The Bertz CT molecular complexity index is 516. The molecule has 0 saturated carbocycles. The molecule has 0 amide bonds. The molecule has 0 aliphatic rings. The highest BCUT2D eigenvalue weighted by molar-refractivity contribution is 7.88. The van der Waals surface area contributed by atoms with Gasteiger partial charge >= 0.3 is 0 Å². The number of hydrogen-bond donors (Lipinski definition) is 3. The minimum atomic E-state index is -3.12. The van der Waals surface area contributed by atoms with Gasteiger partial charge in [0.2, 0.25) is 10.0 Å². The van der Waals surface area contributed by atoms with Gasteiger partial charge in [0.05, 0.1) is 18.1 Å². The molecule has 6 nitrogen and oxygen atoms in total. The van der Waals surface area contributed by atoms with Gasteiger partial charge in [0.25, 0.3) is 0 Å². The number of hydrogen-bond acceptors (Lipinski definition) is 5. The van der Waals surface area contributed by atoms with Crippen LogP contribution in [0.25, 0.3) is 0 Å². The minimum Gasteiger partial charge on any atom is -0.389 e. The van der Waals surface area contributed by atoms with Gasteiger partial charge in [-0.05, 0) is 12.5 Å². The smallest absolute Gasteiger partial charge is 0.208 e. The maximum absolute atomic E-state index is 10.8. The highest BCUT2D eigenvalue weighted by Gasteiger charge is 2.04. The fraction of sp³-hybridized carbons (Fsp3) is 0.400. The zero-order valence-corrected chi connectivity index (χ0v) is 11.6. The van der Waals surface area contributed by atoms with Gasteiger partial charge in [-0.3, -0.25) is 4.98 Å². The van der Waals surface area contributed by atoms with Crippen LogP contribution < -0.4 is 15.8 Å². The molecule has 0 radical (unpaired) electrons. The van der Waals surface area contributed by atoms with Crippen molar-refractivity contribution in [3.8, 4) is 0 Å². The molecule has 0 aromatic carbocycles. The van der Waals surface area contributed by atoms with Gasteiger partial charge in [0.1, 0.15) is 4.99 Å². The molecule has 100 valence electrons. The van der Waals surface area contributed by atoms with Crippen molar-refractivity contribution in [2.24, 2.45) is 5.73 Å². The predicted octanol–water partition coefficient (Wildman–Crippen LogP) is 0.0670. The summed E-state index contributed by atoms with van der Waals surface area (Å²) in [6.07, 6.45) is 5.04. The number of pyridine rings is 1. The number of aromatic nitrogens is 1. The molecule has 0 spiro atoms. The molecule has 4 N–H and O–H groups in total. The molecule has 0 bridgehead atoms. The van der Waals surface area contributed by atoms with Gasteiger partial charge in [0, 0.05) is 24.8 Å². The van der Waals surface area contributed by atoms with E-state index < -0.39 is 10.0 Å². The first kappa shape index (κ1) is 14.8. The topological polar surface area (TPSA) is 97.1 Å². The van der Waals surface area contributed by atoms with Crippen molar-refractivity contribution in [3.05, 3.63) is 24.0 Å². The van der Waals surface area contributed by atoms with E-state index in [0.29, 0.717) is 24.5 Å². The molecule has 0 saturated heterocycles. The molecular formula is C10H16N4O2S2. The molecule has 1 rings (SSSR count). The summed E-state index contributed by atoms with van der Waals surface area (Å²) in [5.74, 6) is 0. The number of anilines is 1. The molecular weight excluding hydrogens is 272 g/mol. The number of sulfonamides is 1. The van der Waals surface area contributed by atoms with Crippen LogP contribution in [0.1, 0.15) is 12.0 Å². The molecule has 0 aliphatic heterocycles. The average molecular weight is 288 g/mol. The van der Waals surface area contributed by atoms with Crippen LogP contribution in [0.5, 0.6) is 0 Å². The summed E-state index contributed by atoms with van der Waals surface area (Å²) in [6.45, 7) is 0.984. The summed E-state index contributed by atoms with van der Waals surface area (Å²) >= 11 is 4.92. The molecule has 1 aromatic heterocycles. The summed E-state index contributed by atoms with van der Waals surface area (Å²) in [7, 11) is -3.12. The van der Waals surface area contributed by atoms with Crippen molar-refractivity contribution in [2.45, 2.75) is 6.42 Å². The van der Waals surface area contributed by atoms with Gasteiger partial charge in [-0.25, -0.2) is 13.1 Å². The first-order chi connectivity index (χ1) is 8.40. The van der Waals surface area contributed by atoms with Gasteiger partial charge in [0.15, 0.2) is 0 Å². The van der Waals surface area contributed by atoms with Gasteiger partial charge in [-0.2, -0.15) is 0 Å². The minimum absolute atomic E-state index is 0.300. The van der Waals surface area contributed by atoms with Gasteiger partial charge in [-0.15, -0.1) is 0 Å². The average Bonchev–Trinajstić information content (AvgIpc) is 2.27. The fourth-order valence-corrected chi connectivity index (χ4v) is 2.01. The second kappa shape index (κ2) is 6.62. The van der Waals surface area contributed by atoms with Crippen LogP contribution >= 0.6 is 12.2 Å². The van der Waals surface area contributed by atoms with E-state index >= 15 is 0 Å². The second-order valence-electron chi connectivity index (χ2n) is 3.73. The monoisotopic (exact) mass is 288 g/mol. The van der Waals surface area contributed by atoms with E-state index in [2.05, 4.69) is 15.0 Å². The van der Waals surface area contributed by atoms with E-state index in [1.54, 1.807) is 18.5 Å².